The zero-order chi connectivity index (χ0) is 8.81. The molecule has 0 aliphatic carbocycles. The van der Waals surface area contributed by atoms with E-state index in [1.165, 1.54) is 0 Å². The van der Waals surface area contributed by atoms with Gasteiger partial charge in [0.05, 0.1) is 6.61 Å². The van der Waals surface area contributed by atoms with E-state index in [1.807, 2.05) is 18.3 Å². The van der Waals surface area contributed by atoms with Gasteiger partial charge in [-0.25, -0.2) is 4.79 Å². The fraction of sp³-hybridized carbons (Fsp3) is 0.375. The monoisotopic (exact) mass is 169 g/mol. The third-order valence-corrected chi connectivity index (χ3v) is 1.48. The van der Waals surface area contributed by atoms with Crippen molar-refractivity contribution in [2.75, 3.05) is 6.61 Å². The van der Waals surface area contributed by atoms with Crippen LogP contribution in [0.2, 0.25) is 0 Å². The van der Waals surface area contributed by atoms with E-state index < -0.39 is 6.16 Å². The summed E-state index contributed by atoms with van der Waals surface area (Å²) in [6, 6.07) is 3.87. The number of hydrogen-bond acceptors (Lipinski definition) is 2. The normalized spacial score (nSPS) is 9.67. The van der Waals surface area contributed by atoms with Gasteiger partial charge < -0.3 is 14.8 Å². The Hall–Kier alpha value is -1.45. The van der Waals surface area contributed by atoms with E-state index >= 15 is 0 Å². The number of aryl methyl sites for hydroxylation is 1. The van der Waals surface area contributed by atoms with E-state index in [0.717, 1.165) is 12.1 Å². The molecule has 0 bridgehead atoms. The number of aromatic amines is 1. The number of carboxylic acid groups (broad SMARTS) is 1. The van der Waals surface area contributed by atoms with Crippen LogP contribution in [0.3, 0.4) is 0 Å². The first-order valence-corrected chi connectivity index (χ1v) is 3.77. The average Bonchev–Trinajstić information content (AvgIpc) is 2.49. The minimum Gasteiger partial charge on any atom is -0.450 e. The minimum absolute atomic E-state index is 0.258. The summed E-state index contributed by atoms with van der Waals surface area (Å²) in [5.74, 6) is 0. The molecular formula is C8H11NO3. The molecule has 0 saturated carbocycles. The van der Waals surface area contributed by atoms with Crippen molar-refractivity contribution in [2.45, 2.75) is 12.8 Å². The standard InChI is InChI=1S/C8H11NO3/c10-8(11)12-6-2-4-7-3-1-5-9-7/h1,3,5,9H,2,4,6H2,(H,10,11). The lowest BCUT2D eigenvalue weighted by molar-refractivity contribution is 0.0906. The SMILES string of the molecule is O=C(O)OCCCc1ccc[nH]1. The highest BCUT2D eigenvalue weighted by atomic mass is 16.7. The number of hydrogen-bond donors (Lipinski definition) is 2. The molecule has 0 spiro atoms. The van der Waals surface area contributed by atoms with Crippen LogP contribution in [-0.2, 0) is 11.2 Å². The van der Waals surface area contributed by atoms with Gasteiger partial charge in [0, 0.05) is 11.9 Å². The number of H-pyrrole nitrogens is 1. The van der Waals surface area contributed by atoms with E-state index in [-0.39, 0.29) is 6.61 Å². The van der Waals surface area contributed by atoms with Gasteiger partial charge in [-0.05, 0) is 25.0 Å². The molecule has 0 fully saturated rings. The molecule has 1 heterocycles. The van der Waals surface area contributed by atoms with Gasteiger partial charge in [0.2, 0.25) is 0 Å². The summed E-state index contributed by atoms with van der Waals surface area (Å²) in [5.41, 5.74) is 1.10. The zero-order valence-electron chi connectivity index (χ0n) is 6.62. The molecule has 0 saturated heterocycles. The maximum absolute atomic E-state index is 9.93. The lowest BCUT2D eigenvalue weighted by Crippen LogP contribution is -2.02. The summed E-state index contributed by atoms with van der Waals surface area (Å²) in [6.07, 6.45) is 2.17. The highest BCUT2D eigenvalue weighted by Gasteiger charge is 1.96. The van der Waals surface area contributed by atoms with E-state index in [0.29, 0.717) is 6.42 Å². The van der Waals surface area contributed by atoms with Crippen molar-refractivity contribution in [3.8, 4) is 0 Å². The van der Waals surface area contributed by atoms with Crippen LogP contribution in [0.25, 0.3) is 0 Å². The lowest BCUT2D eigenvalue weighted by atomic mass is 10.2. The summed E-state index contributed by atoms with van der Waals surface area (Å²) in [7, 11) is 0. The minimum atomic E-state index is -1.21. The molecule has 1 aromatic rings. The molecule has 0 unspecified atom stereocenters. The Morgan fingerprint density at radius 1 is 1.67 bits per heavy atom. The highest BCUT2D eigenvalue weighted by molar-refractivity contribution is 5.56. The molecule has 1 rings (SSSR count). The molecule has 2 N–H and O–H groups in total. The maximum atomic E-state index is 9.93. The van der Waals surface area contributed by atoms with Crippen molar-refractivity contribution >= 4 is 6.16 Å². The van der Waals surface area contributed by atoms with Crippen LogP contribution >= 0.6 is 0 Å². The third-order valence-electron chi connectivity index (χ3n) is 1.48. The number of carbonyl (C=O) groups is 1. The number of ether oxygens (including phenoxy) is 1. The van der Waals surface area contributed by atoms with Crippen LogP contribution < -0.4 is 0 Å². The molecule has 12 heavy (non-hydrogen) atoms. The molecular weight excluding hydrogens is 158 g/mol. The van der Waals surface area contributed by atoms with Crippen LogP contribution in [-0.4, -0.2) is 22.9 Å². The van der Waals surface area contributed by atoms with Crippen molar-refractivity contribution in [3.05, 3.63) is 24.0 Å². The Labute approximate surface area is 70.2 Å². The predicted octanol–water partition coefficient (Wildman–Crippen LogP) is 1.64. The lowest BCUT2D eigenvalue weighted by Gasteiger charge is -1.98. The van der Waals surface area contributed by atoms with Gasteiger partial charge in [0.1, 0.15) is 0 Å². The fourth-order valence-electron chi connectivity index (χ4n) is 0.945. The first-order valence-electron chi connectivity index (χ1n) is 3.77. The van der Waals surface area contributed by atoms with E-state index in [2.05, 4.69) is 9.72 Å². The first kappa shape index (κ1) is 8.64. The molecule has 4 heteroatoms. The van der Waals surface area contributed by atoms with Crippen LogP contribution in [0, 0.1) is 0 Å². The number of rotatable bonds is 4. The third kappa shape index (κ3) is 3.09. The predicted molar refractivity (Wildman–Crippen MR) is 43.1 cm³/mol. The quantitative estimate of drug-likeness (QED) is 0.532. The van der Waals surface area contributed by atoms with Crippen molar-refractivity contribution in [3.63, 3.8) is 0 Å². The summed E-state index contributed by atoms with van der Waals surface area (Å²) in [4.78, 5) is 13.0. The first-order chi connectivity index (χ1) is 5.79. The van der Waals surface area contributed by atoms with Gasteiger partial charge in [-0.15, -0.1) is 0 Å². The molecule has 1 aromatic heterocycles. The van der Waals surface area contributed by atoms with Crippen molar-refractivity contribution < 1.29 is 14.6 Å². The Bertz CT molecular complexity index is 230. The van der Waals surface area contributed by atoms with Crippen LogP contribution in [0.15, 0.2) is 18.3 Å². The average molecular weight is 169 g/mol. The molecule has 0 amide bonds. The van der Waals surface area contributed by atoms with Gasteiger partial charge in [-0.3, -0.25) is 0 Å². The Morgan fingerprint density at radius 2 is 2.50 bits per heavy atom. The summed E-state index contributed by atoms with van der Waals surface area (Å²) in [5, 5.41) is 8.14. The van der Waals surface area contributed by atoms with Crippen LogP contribution in [0.4, 0.5) is 4.79 Å². The topological polar surface area (TPSA) is 62.3 Å². The van der Waals surface area contributed by atoms with E-state index in [4.69, 9.17) is 5.11 Å². The van der Waals surface area contributed by atoms with Gasteiger partial charge >= 0.3 is 6.16 Å². The Kier molecular flexibility index (Phi) is 3.19. The van der Waals surface area contributed by atoms with Gasteiger partial charge in [-0.2, -0.15) is 0 Å². The highest BCUT2D eigenvalue weighted by Crippen LogP contribution is 1.98. The molecule has 0 aromatic carbocycles. The van der Waals surface area contributed by atoms with E-state index in [1.54, 1.807) is 0 Å². The largest absolute Gasteiger partial charge is 0.505 e. The Morgan fingerprint density at radius 3 is 3.08 bits per heavy atom. The van der Waals surface area contributed by atoms with Gasteiger partial charge in [-0.1, -0.05) is 0 Å². The van der Waals surface area contributed by atoms with Crippen LogP contribution in [0.5, 0.6) is 0 Å². The second-order valence-corrected chi connectivity index (χ2v) is 2.41. The molecule has 0 aliphatic heterocycles. The Balaban J connectivity index is 2.07. The van der Waals surface area contributed by atoms with Gasteiger partial charge in [0.15, 0.2) is 0 Å². The zero-order valence-corrected chi connectivity index (χ0v) is 6.62. The second-order valence-electron chi connectivity index (χ2n) is 2.41. The van der Waals surface area contributed by atoms with E-state index in [9.17, 15) is 4.79 Å². The van der Waals surface area contributed by atoms with Crippen molar-refractivity contribution in [1.29, 1.82) is 0 Å². The maximum Gasteiger partial charge on any atom is 0.505 e. The molecule has 66 valence electrons. The summed E-state index contributed by atoms with van der Waals surface area (Å²) in [6.45, 7) is 0.258. The summed E-state index contributed by atoms with van der Waals surface area (Å²) < 4.78 is 4.34. The number of aromatic nitrogens is 1. The van der Waals surface area contributed by atoms with Crippen LogP contribution in [0.1, 0.15) is 12.1 Å². The molecule has 0 radical (unpaired) electrons. The second kappa shape index (κ2) is 4.43. The number of nitrogens with one attached hydrogen (secondary N) is 1. The molecule has 0 aliphatic rings. The molecule has 4 nitrogen and oxygen atoms in total. The molecule has 0 atom stereocenters. The summed E-state index contributed by atoms with van der Waals surface area (Å²) >= 11 is 0. The smallest absolute Gasteiger partial charge is 0.450 e. The van der Waals surface area contributed by atoms with Crippen molar-refractivity contribution in [1.82, 2.24) is 4.98 Å². The fourth-order valence-corrected chi connectivity index (χ4v) is 0.945. The van der Waals surface area contributed by atoms with Gasteiger partial charge in [0.25, 0.3) is 0 Å². The van der Waals surface area contributed by atoms with Crippen molar-refractivity contribution in [2.24, 2.45) is 0 Å².